The van der Waals surface area contributed by atoms with E-state index in [9.17, 15) is 9.59 Å². The molecular weight excluding hydrogens is 196 g/mol. The third-order valence-electron chi connectivity index (χ3n) is 3.39. The van der Waals surface area contributed by atoms with Gasteiger partial charge in [0.2, 0.25) is 11.8 Å². The Labute approximate surface area is 88.6 Å². The van der Waals surface area contributed by atoms with Crippen molar-refractivity contribution in [3.05, 3.63) is 0 Å². The third-order valence-corrected chi connectivity index (χ3v) is 3.39. The fraction of sp³-hybridized carbons (Fsp3) is 0.800. The molecule has 2 atom stereocenters. The first-order valence-electron chi connectivity index (χ1n) is 5.32. The number of carbonyl (C=O) groups is 2. The first-order chi connectivity index (χ1) is 7.15. The van der Waals surface area contributed by atoms with Crippen molar-refractivity contribution >= 4 is 11.8 Å². The van der Waals surface area contributed by atoms with E-state index in [-0.39, 0.29) is 36.9 Å². The Morgan fingerprint density at radius 3 is 2.73 bits per heavy atom. The lowest BCUT2D eigenvalue weighted by atomic mass is 10.1. The molecule has 2 heterocycles. The summed E-state index contributed by atoms with van der Waals surface area (Å²) in [4.78, 5) is 26.3. The molecule has 2 amide bonds. The Morgan fingerprint density at radius 2 is 2.20 bits per heavy atom. The van der Waals surface area contributed by atoms with Gasteiger partial charge in [-0.1, -0.05) is 0 Å². The van der Waals surface area contributed by atoms with Crippen LogP contribution in [-0.2, 0) is 9.59 Å². The second kappa shape index (κ2) is 3.90. The molecule has 2 saturated heterocycles. The van der Waals surface area contributed by atoms with Crippen LogP contribution in [0.25, 0.3) is 0 Å². The van der Waals surface area contributed by atoms with Crippen LogP contribution in [-0.4, -0.2) is 59.0 Å². The van der Waals surface area contributed by atoms with Gasteiger partial charge in [0, 0.05) is 13.1 Å². The number of likely N-dealkylation sites (tertiary alicyclic amines) is 2. The molecule has 5 nitrogen and oxygen atoms in total. The summed E-state index contributed by atoms with van der Waals surface area (Å²) in [6.45, 7) is 0.879. The smallest absolute Gasteiger partial charge is 0.246 e. The first-order valence-corrected chi connectivity index (χ1v) is 5.32. The molecule has 0 aromatic heterocycles. The summed E-state index contributed by atoms with van der Waals surface area (Å²) in [5, 5.41) is 9.16. The second-order valence-electron chi connectivity index (χ2n) is 4.23. The van der Waals surface area contributed by atoms with Gasteiger partial charge in [0.05, 0.1) is 19.1 Å². The summed E-state index contributed by atoms with van der Waals surface area (Å²) in [7, 11) is 1.52. The van der Waals surface area contributed by atoms with Crippen LogP contribution in [0.5, 0.6) is 0 Å². The standard InChI is InChI=1S/C10H16N2O3/c1-11-9(14)5-8(10(11)15)12-4-2-3-7(12)6-13/h7-8,13H,2-6H2,1H3/t7-,8?/m0/s1. The van der Waals surface area contributed by atoms with Gasteiger partial charge in [0.1, 0.15) is 0 Å². The molecule has 1 unspecified atom stereocenters. The van der Waals surface area contributed by atoms with Crippen molar-refractivity contribution in [2.75, 3.05) is 20.2 Å². The van der Waals surface area contributed by atoms with E-state index in [1.54, 1.807) is 0 Å². The molecule has 5 heteroatoms. The van der Waals surface area contributed by atoms with Crippen LogP contribution in [0, 0.1) is 0 Å². The molecule has 0 aromatic carbocycles. The van der Waals surface area contributed by atoms with Crippen LogP contribution >= 0.6 is 0 Å². The normalized spacial score (nSPS) is 33.1. The highest BCUT2D eigenvalue weighted by molar-refractivity contribution is 6.05. The van der Waals surface area contributed by atoms with Crippen LogP contribution in [0.4, 0.5) is 0 Å². The number of carbonyl (C=O) groups excluding carboxylic acids is 2. The number of hydrogen-bond donors (Lipinski definition) is 1. The number of nitrogens with zero attached hydrogens (tertiary/aromatic N) is 2. The Kier molecular flexibility index (Phi) is 2.75. The molecule has 0 aliphatic carbocycles. The molecule has 2 aliphatic rings. The van der Waals surface area contributed by atoms with Gasteiger partial charge in [-0.3, -0.25) is 19.4 Å². The Balaban J connectivity index is 2.11. The van der Waals surface area contributed by atoms with Crippen molar-refractivity contribution in [1.29, 1.82) is 0 Å². The van der Waals surface area contributed by atoms with Gasteiger partial charge in [-0.05, 0) is 19.4 Å². The average Bonchev–Trinajstić information content (AvgIpc) is 2.78. The third kappa shape index (κ3) is 1.66. The number of hydrogen-bond acceptors (Lipinski definition) is 4. The van der Waals surface area contributed by atoms with E-state index in [1.165, 1.54) is 11.9 Å². The maximum atomic E-state index is 11.7. The molecule has 1 N–H and O–H groups in total. The fourth-order valence-corrected chi connectivity index (χ4v) is 2.46. The molecule has 0 aromatic rings. The zero-order valence-corrected chi connectivity index (χ0v) is 8.85. The Bertz CT molecular complexity index is 292. The quantitative estimate of drug-likeness (QED) is 0.609. The van der Waals surface area contributed by atoms with Crippen molar-refractivity contribution in [3.8, 4) is 0 Å². The van der Waals surface area contributed by atoms with Crippen LogP contribution in [0.1, 0.15) is 19.3 Å². The topological polar surface area (TPSA) is 60.9 Å². The van der Waals surface area contributed by atoms with E-state index < -0.39 is 0 Å². The van der Waals surface area contributed by atoms with Crippen molar-refractivity contribution in [2.24, 2.45) is 0 Å². The van der Waals surface area contributed by atoms with Crippen LogP contribution in [0.3, 0.4) is 0 Å². The Morgan fingerprint density at radius 1 is 1.47 bits per heavy atom. The SMILES string of the molecule is CN1C(=O)CC(N2CCC[C@H]2CO)C1=O. The van der Waals surface area contributed by atoms with Gasteiger partial charge in [-0.15, -0.1) is 0 Å². The van der Waals surface area contributed by atoms with Crippen molar-refractivity contribution in [3.63, 3.8) is 0 Å². The number of rotatable bonds is 2. The number of imide groups is 1. The zero-order chi connectivity index (χ0) is 11.0. The summed E-state index contributed by atoms with van der Waals surface area (Å²) in [6.07, 6.45) is 2.18. The summed E-state index contributed by atoms with van der Waals surface area (Å²) in [5.74, 6) is -0.242. The van der Waals surface area contributed by atoms with E-state index in [0.29, 0.717) is 0 Å². The van der Waals surface area contributed by atoms with Gasteiger partial charge in [-0.2, -0.15) is 0 Å². The largest absolute Gasteiger partial charge is 0.395 e. The predicted octanol–water partition coefficient (Wildman–Crippen LogP) is -0.800. The van der Waals surface area contributed by atoms with Crippen molar-refractivity contribution in [1.82, 2.24) is 9.80 Å². The van der Waals surface area contributed by atoms with Crippen LogP contribution in [0.15, 0.2) is 0 Å². The fourth-order valence-electron chi connectivity index (χ4n) is 2.46. The lowest BCUT2D eigenvalue weighted by Gasteiger charge is -2.27. The van der Waals surface area contributed by atoms with E-state index in [0.717, 1.165) is 19.4 Å². The second-order valence-corrected chi connectivity index (χ2v) is 4.23. The van der Waals surface area contributed by atoms with E-state index >= 15 is 0 Å². The van der Waals surface area contributed by atoms with Crippen molar-refractivity contribution in [2.45, 2.75) is 31.3 Å². The summed E-state index contributed by atoms with van der Waals surface area (Å²) < 4.78 is 0. The minimum Gasteiger partial charge on any atom is -0.395 e. The van der Waals surface area contributed by atoms with Gasteiger partial charge >= 0.3 is 0 Å². The molecule has 2 rings (SSSR count). The van der Waals surface area contributed by atoms with Crippen LogP contribution < -0.4 is 0 Å². The summed E-state index contributed by atoms with van der Waals surface area (Å²) in [6, 6.07) is -0.277. The van der Waals surface area contributed by atoms with Crippen molar-refractivity contribution < 1.29 is 14.7 Å². The molecule has 0 saturated carbocycles. The summed E-state index contributed by atoms with van der Waals surface area (Å²) in [5.41, 5.74) is 0. The zero-order valence-electron chi connectivity index (χ0n) is 8.85. The molecule has 2 aliphatic heterocycles. The highest BCUT2D eigenvalue weighted by Gasteiger charge is 2.43. The lowest BCUT2D eigenvalue weighted by Crippen LogP contribution is -2.45. The molecule has 0 bridgehead atoms. The average molecular weight is 212 g/mol. The number of amides is 2. The van der Waals surface area contributed by atoms with Gasteiger partial charge in [-0.25, -0.2) is 0 Å². The highest BCUT2D eigenvalue weighted by atomic mass is 16.3. The minimum absolute atomic E-state index is 0.0539. The minimum atomic E-state index is -0.331. The molecular formula is C10H16N2O3. The van der Waals surface area contributed by atoms with E-state index in [1.807, 2.05) is 4.90 Å². The molecule has 0 radical (unpaired) electrons. The van der Waals surface area contributed by atoms with Gasteiger partial charge < -0.3 is 5.11 Å². The lowest BCUT2D eigenvalue weighted by molar-refractivity contribution is -0.138. The van der Waals surface area contributed by atoms with E-state index in [2.05, 4.69) is 0 Å². The molecule has 84 valence electrons. The van der Waals surface area contributed by atoms with Gasteiger partial charge in [0.25, 0.3) is 0 Å². The molecule has 0 spiro atoms. The highest BCUT2D eigenvalue weighted by Crippen LogP contribution is 2.25. The first kappa shape index (κ1) is 10.6. The predicted molar refractivity (Wildman–Crippen MR) is 53.0 cm³/mol. The maximum absolute atomic E-state index is 11.7. The Hall–Kier alpha value is -0.940. The van der Waals surface area contributed by atoms with Gasteiger partial charge in [0.15, 0.2) is 0 Å². The molecule has 2 fully saturated rings. The number of likely N-dealkylation sites (N-methyl/N-ethyl adjacent to an activating group) is 1. The number of aliphatic hydroxyl groups excluding tert-OH is 1. The monoisotopic (exact) mass is 212 g/mol. The van der Waals surface area contributed by atoms with Crippen LogP contribution in [0.2, 0.25) is 0 Å². The number of aliphatic hydroxyl groups is 1. The summed E-state index contributed by atoms with van der Waals surface area (Å²) >= 11 is 0. The maximum Gasteiger partial charge on any atom is 0.246 e. The molecule has 15 heavy (non-hydrogen) atoms. The van der Waals surface area contributed by atoms with E-state index in [4.69, 9.17) is 5.11 Å².